The number of hydrogen-bond acceptors (Lipinski definition) is 8. The molecule has 9 nitrogen and oxygen atoms in total. The van der Waals surface area contributed by atoms with Crippen LogP contribution in [0.2, 0.25) is 0 Å². The molecular weight excluding hydrogens is 500 g/mol. The fourth-order valence-electron chi connectivity index (χ4n) is 3.13. The first kappa shape index (κ1) is 23.9. The Labute approximate surface area is 198 Å². The number of nitrogens with zero attached hydrogens (tertiary/aromatic N) is 4. The fourth-order valence-corrected chi connectivity index (χ4v) is 5.09. The Morgan fingerprint density at radius 1 is 1.16 bits per heavy atom. The minimum Gasteiger partial charge on any atom is -0.497 e. The van der Waals surface area contributed by atoms with Gasteiger partial charge < -0.3 is 14.2 Å². The largest absolute Gasteiger partial charge is 0.497 e. The van der Waals surface area contributed by atoms with E-state index in [1.807, 2.05) is 42.7 Å². The molecule has 0 aliphatic carbocycles. The molecule has 0 spiro atoms. The summed E-state index contributed by atoms with van der Waals surface area (Å²) in [7, 11) is 3.15. The van der Waals surface area contributed by atoms with Crippen LogP contribution in [-0.2, 0) is 0 Å². The highest BCUT2D eigenvalue weighted by Gasteiger charge is 2.27. The molecule has 0 aliphatic rings. The smallest absolute Gasteiger partial charge is 0.220 e. The molecule has 0 bridgehead atoms. The van der Waals surface area contributed by atoms with Gasteiger partial charge in [0.25, 0.3) is 0 Å². The molecule has 0 saturated carbocycles. The van der Waals surface area contributed by atoms with Gasteiger partial charge in [-0.3, -0.25) is 14.7 Å². The van der Waals surface area contributed by atoms with Crippen LogP contribution in [0.15, 0.2) is 46.0 Å². The number of nitro groups is 1. The molecule has 11 heteroatoms. The van der Waals surface area contributed by atoms with Crippen molar-refractivity contribution in [1.82, 2.24) is 14.8 Å². The predicted molar refractivity (Wildman–Crippen MR) is 125 cm³/mol. The van der Waals surface area contributed by atoms with Crippen LogP contribution in [0.4, 0.5) is 0 Å². The predicted octanol–water partition coefficient (Wildman–Crippen LogP) is 4.86. The topological polar surface area (TPSA) is 102 Å². The number of hydrogen-bond donors (Lipinski definition) is 0. The van der Waals surface area contributed by atoms with Gasteiger partial charge in [-0.15, -0.1) is 10.2 Å². The van der Waals surface area contributed by atoms with Crippen molar-refractivity contribution in [2.75, 3.05) is 27.4 Å². The highest BCUT2D eigenvalue weighted by molar-refractivity contribution is 9.10. The number of methoxy groups -OCH3 is 2. The molecular formula is C21H23BrN4O5S. The van der Waals surface area contributed by atoms with E-state index in [-0.39, 0.29) is 11.5 Å². The molecule has 1 heterocycles. The summed E-state index contributed by atoms with van der Waals surface area (Å²) in [6.07, 6.45) is 0. The third-order valence-electron chi connectivity index (χ3n) is 4.62. The normalized spacial score (nSPS) is 11.8. The summed E-state index contributed by atoms with van der Waals surface area (Å²) in [5, 5.41) is 20.0. The Morgan fingerprint density at radius 2 is 1.88 bits per heavy atom. The minimum atomic E-state index is -0.551. The highest BCUT2D eigenvalue weighted by Crippen LogP contribution is 2.43. The van der Waals surface area contributed by atoms with Crippen LogP contribution in [0.1, 0.15) is 23.6 Å². The van der Waals surface area contributed by atoms with Crippen LogP contribution in [0.3, 0.4) is 0 Å². The lowest BCUT2D eigenvalue weighted by Gasteiger charge is -2.18. The van der Waals surface area contributed by atoms with Gasteiger partial charge >= 0.3 is 0 Å². The summed E-state index contributed by atoms with van der Waals surface area (Å²) in [6.45, 7) is 3.83. The van der Waals surface area contributed by atoms with Gasteiger partial charge in [0.05, 0.1) is 20.8 Å². The third-order valence-corrected chi connectivity index (χ3v) is 6.47. The SMILES string of the molecule is CCOc1cc([C@H](C[N+](=O)[O-])Sc2nnc(C)n2-c2ccc(OC)cc2)c(Br)cc1OC. The van der Waals surface area contributed by atoms with Gasteiger partial charge in [0.2, 0.25) is 6.54 Å². The van der Waals surface area contributed by atoms with E-state index < -0.39 is 5.25 Å². The van der Waals surface area contributed by atoms with E-state index in [0.717, 1.165) is 11.4 Å². The van der Waals surface area contributed by atoms with Crippen LogP contribution in [-0.4, -0.2) is 47.1 Å². The number of aryl methyl sites for hydroxylation is 1. The van der Waals surface area contributed by atoms with E-state index in [1.165, 1.54) is 11.8 Å². The van der Waals surface area contributed by atoms with Crippen LogP contribution in [0, 0.1) is 17.0 Å². The van der Waals surface area contributed by atoms with Crippen molar-refractivity contribution >= 4 is 27.7 Å². The molecule has 3 rings (SSSR count). The second-order valence-corrected chi connectivity index (χ2v) is 8.67. The van der Waals surface area contributed by atoms with Crippen molar-refractivity contribution in [2.24, 2.45) is 0 Å². The second kappa shape index (κ2) is 10.7. The minimum absolute atomic E-state index is 0.310. The zero-order valence-corrected chi connectivity index (χ0v) is 20.5. The molecule has 0 unspecified atom stereocenters. The first-order chi connectivity index (χ1) is 15.4. The first-order valence-electron chi connectivity index (χ1n) is 9.73. The van der Waals surface area contributed by atoms with Crippen LogP contribution >= 0.6 is 27.7 Å². The molecule has 32 heavy (non-hydrogen) atoms. The zero-order valence-electron chi connectivity index (χ0n) is 18.1. The number of thioether (sulfide) groups is 1. The number of rotatable bonds is 10. The van der Waals surface area contributed by atoms with Gasteiger partial charge in [-0.05, 0) is 55.8 Å². The average Bonchev–Trinajstić information content (AvgIpc) is 3.14. The summed E-state index contributed by atoms with van der Waals surface area (Å²) in [6, 6.07) is 11.0. The average molecular weight is 523 g/mol. The quantitative estimate of drug-likeness (QED) is 0.211. The van der Waals surface area contributed by atoms with Gasteiger partial charge in [0, 0.05) is 15.1 Å². The van der Waals surface area contributed by atoms with Crippen molar-refractivity contribution in [3.8, 4) is 22.9 Å². The monoisotopic (exact) mass is 522 g/mol. The van der Waals surface area contributed by atoms with Gasteiger partial charge in [-0.25, -0.2) is 0 Å². The van der Waals surface area contributed by atoms with E-state index in [0.29, 0.717) is 39.1 Å². The molecule has 0 amide bonds. The van der Waals surface area contributed by atoms with Gasteiger partial charge in [-0.1, -0.05) is 27.7 Å². The third kappa shape index (κ3) is 5.33. The van der Waals surface area contributed by atoms with E-state index in [2.05, 4.69) is 26.1 Å². The van der Waals surface area contributed by atoms with Crippen LogP contribution < -0.4 is 14.2 Å². The molecule has 170 valence electrons. The zero-order chi connectivity index (χ0) is 23.3. The van der Waals surface area contributed by atoms with Crippen molar-refractivity contribution in [3.05, 3.63) is 62.4 Å². The molecule has 0 fully saturated rings. The fraction of sp³-hybridized carbons (Fsp3) is 0.333. The van der Waals surface area contributed by atoms with Crippen molar-refractivity contribution < 1.29 is 19.1 Å². The molecule has 3 aromatic rings. The van der Waals surface area contributed by atoms with Gasteiger partial charge in [-0.2, -0.15) is 0 Å². The molecule has 2 aromatic carbocycles. The summed E-state index contributed by atoms with van der Waals surface area (Å²) < 4.78 is 18.8. The van der Waals surface area contributed by atoms with E-state index in [1.54, 1.807) is 26.4 Å². The van der Waals surface area contributed by atoms with E-state index in [9.17, 15) is 10.1 Å². The van der Waals surface area contributed by atoms with E-state index >= 15 is 0 Å². The summed E-state index contributed by atoms with van der Waals surface area (Å²) >= 11 is 4.80. The molecule has 0 N–H and O–H groups in total. The molecule has 0 aliphatic heterocycles. The maximum atomic E-state index is 11.5. The molecule has 1 atom stereocenters. The Kier molecular flexibility index (Phi) is 7.97. The van der Waals surface area contributed by atoms with Crippen LogP contribution in [0.25, 0.3) is 5.69 Å². The molecule has 0 saturated heterocycles. The Balaban J connectivity index is 2.02. The van der Waals surface area contributed by atoms with Crippen molar-refractivity contribution in [3.63, 3.8) is 0 Å². The lowest BCUT2D eigenvalue weighted by Crippen LogP contribution is -2.12. The number of halogens is 1. The lowest BCUT2D eigenvalue weighted by molar-refractivity contribution is -0.479. The Bertz CT molecular complexity index is 1090. The number of aromatic nitrogens is 3. The van der Waals surface area contributed by atoms with E-state index in [4.69, 9.17) is 14.2 Å². The Hall–Kier alpha value is -2.79. The maximum absolute atomic E-state index is 11.5. The number of benzene rings is 2. The van der Waals surface area contributed by atoms with Crippen molar-refractivity contribution in [1.29, 1.82) is 0 Å². The first-order valence-corrected chi connectivity index (χ1v) is 11.4. The van der Waals surface area contributed by atoms with Gasteiger partial charge in [0.15, 0.2) is 16.7 Å². The van der Waals surface area contributed by atoms with Crippen LogP contribution in [0.5, 0.6) is 17.2 Å². The highest BCUT2D eigenvalue weighted by atomic mass is 79.9. The summed E-state index contributed by atoms with van der Waals surface area (Å²) in [5.41, 5.74) is 1.54. The lowest BCUT2D eigenvalue weighted by atomic mass is 10.1. The summed E-state index contributed by atoms with van der Waals surface area (Å²) in [4.78, 5) is 11.2. The standard InChI is InChI=1S/C21H23BrN4O5S/c1-5-31-19-10-16(17(22)11-18(19)30-4)20(12-25(27)28)32-21-24-23-13(2)26(21)14-6-8-15(29-3)9-7-14/h6-11,20H,5,12H2,1-4H3/t20-/m0/s1. The van der Waals surface area contributed by atoms with Crippen molar-refractivity contribution in [2.45, 2.75) is 24.3 Å². The maximum Gasteiger partial charge on any atom is 0.220 e. The molecule has 1 aromatic heterocycles. The Morgan fingerprint density at radius 3 is 2.47 bits per heavy atom. The van der Waals surface area contributed by atoms with Gasteiger partial charge in [0.1, 0.15) is 16.8 Å². The molecule has 0 radical (unpaired) electrons. The second-order valence-electron chi connectivity index (χ2n) is 6.64. The summed E-state index contributed by atoms with van der Waals surface area (Å²) in [5.74, 6) is 2.46. The number of ether oxygens (including phenoxy) is 3.